The minimum Gasteiger partial charge on any atom is -0.347 e. The van der Waals surface area contributed by atoms with Gasteiger partial charge in [-0.25, -0.2) is 0 Å². The zero-order chi connectivity index (χ0) is 31.4. The molecular formula is C32H35F6N3O2. The van der Waals surface area contributed by atoms with E-state index < -0.39 is 35.1 Å². The molecule has 5 nitrogen and oxygen atoms in total. The van der Waals surface area contributed by atoms with Crippen molar-refractivity contribution >= 4 is 11.8 Å². The highest BCUT2D eigenvalue weighted by atomic mass is 19.4. The van der Waals surface area contributed by atoms with E-state index in [0.717, 1.165) is 5.56 Å². The fourth-order valence-corrected chi connectivity index (χ4v) is 5.67. The van der Waals surface area contributed by atoms with Crippen LogP contribution in [0, 0.1) is 0 Å². The molecule has 0 aliphatic carbocycles. The molecule has 0 bridgehead atoms. The maximum Gasteiger partial charge on any atom is 0.416 e. The molecule has 0 radical (unpaired) electrons. The highest BCUT2D eigenvalue weighted by Crippen LogP contribution is 2.38. The van der Waals surface area contributed by atoms with E-state index in [1.165, 1.54) is 18.9 Å². The van der Waals surface area contributed by atoms with Crippen LogP contribution >= 0.6 is 0 Å². The van der Waals surface area contributed by atoms with Crippen LogP contribution in [0.3, 0.4) is 0 Å². The molecule has 3 aromatic carbocycles. The van der Waals surface area contributed by atoms with Crippen LogP contribution in [0.1, 0.15) is 55.1 Å². The lowest BCUT2D eigenvalue weighted by molar-refractivity contribution is -0.143. The second-order valence-corrected chi connectivity index (χ2v) is 10.9. The fraction of sp³-hybridized carbons (Fsp3) is 0.375. The average molecular weight is 608 g/mol. The molecule has 1 aliphatic heterocycles. The highest BCUT2D eigenvalue weighted by Gasteiger charge is 2.41. The number of halogens is 6. The zero-order valence-corrected chi connectivity index (χ0v) is 23.8. The summed E-state index contributed by atoms with van der Waals surface area (Å²) in [6.45, 7) is 2.28. The number of likely N-dealkylation sites (N-methyl/N-ethyl adjacent to an activating group) is 1. The van der Waals surface area contributed by atoms with Gasteiger partial charge in [-0.1, -0.05) is 60.7 Å². The Morgan fingerprint density at radius 2 is 1.40 bits per heavy atom. The summed E-state index contributed by atoms with van der Waals surface area (Å²) in [7, 11) is 1.49. The third-order valence-electron chi connectivity index (χ3n) is 7.87. The highest BCUT2D eigenvalue weighted by molar-refractivity contribution is 5.83. The molecule has 0 aromatic heterocycles. The fourth-order valence-electron chi connectivity index (χ4n) is 5.67. The van der Waals surface area contributed by atoms with Crippen molar-refractivity contribution in [1.29, 1.82) is 0 Å². The number of alkyl halides is 6. The summed E-state index contributed by atoms with van der Waals surface area (Å²) in [5, 5.41) is 3.11. The first-order chi connectivity index (χ1) is 20.2. The molecule has 1 atom stereocenters. The first-order valence-corrected chi connectivity index (χ1v) is 13.9. The molecule has 2 amide bonds. The average Bonchev–Trinajstić information content (AvgIpc) is 2.96. The standard InChI is InChI=1S/C32H33F6N3O2.H2/c1-22(42)39-30(25-11-7-4-8-12-25)14-17-41(18-15-30)28(24-9-5-3-6-10-24)29(43)40(2)16-13-23-19-26(31(33,34)35)21-27(20-23)32(36,37)38;/h3-12,19-21,28H,13-18H2,1-2H3,(H,39,42);1H. The van der Waals surface area contributed by atoms with Crippen LogP contribution in [-0.4, -0.2) is 48.3 Å². The molecule has 232 valence electrons. The second-order valence-electron chi connectivity index (χ2n) is 10.9. The number of carbonyl (C=O) groups excluding carboxylic acids is 2. The number of amides is 2. The van der Waals surface area contributed by atoms with Gasteiger partial charge in [-0.3, -0.25) is 14.5 Å². The van der Waals surface area contributed by atoms with Crippen LogP contribution in [0.5, 0.6) is 0 Å². The Balaban J connectivity index is 0.00000529. The number of nitrogens with zero attached hydrogens (tertiary/aromatic N) is 2. The molecular weight excluding hydrogens is 572 g/mol. The molecule has 1 heterocycles. The van der Waals surface area contributed by atoms with Crippen LogP contribution in [0.15, 0.2) is 78.9 Å². The summed E-state index contributed by atoms with van der Waals surface area (Å²) in [6, 6.07) is 19.4. The van der Waals surface area contributed by atoms with Gasteiger partial charge in [-0.15, -0.1) is 0 Å². The van der Waals surface area contributed by atoms with E-state index in [0.29, 0.717) is 43.6 Å². The van der Waals surface area contributed by atoms with Gasteiger partial charge >= 0.3 is 12.4 Å². The number of hydrogen-bond donors (Lipinski definition) is 1. The summed E-state index contributed by atoms with van der Waals surface area (Å²) < 4.78 is 80.0. The van der Waals surface area contributed by atoms with E-state index in [2.05, 4.69) is 5.32 Å². The van der Waals surface area contributed by atoms with Crippen molar-refractivity contribution in [2.75, 3.05) is 26.7 Å². The van der Waals surface area contributed by atoms with E-state index in [-0.39, 0.29) is 37.8 Å². The Morgan fingerprint density at radius 1 is 0.884 bits per heavy atom. The van der Waals surface area contributed by atoms with Gasteiger partial charge in [0.05, 0.1) is 16.7 Å². The van der Waals surface area contributed by atoms with Crippen LogP contribution in [0.2, 0.25) is 0 Å². The number of piperidine rings is 1. The summed E-state index contributed by atoms with van der Waals surface area (Å²) in [6.07, 6.45) is -9.04. The van der Waals surface area contributed by atoms with Gasteiger partial charge in [0.25, 0.3) is 0 Å². The lowest BCUT2D eigenvalue weighted by Gasteiger charge is -2.45. The largest absolute Gasteiger partial charge is 0.416 e. The van der Waals surface area contributed by atoms with Gasteiger partial charge in [-0.2, -0.15) is 26.3 Å². The smallest absolute Gasteiger partial charge is 0.347 e. The molecule has 1 saturated heterocycles. The summed E-state index contributed by atoms with van der Waals surface area (Å²) in [4.78, 5) is 29.4. The molecule has 0 spiro atoms. The van der Waals surface area contributed by atoms with Gasteiger partial charge in [0.1, 0.15) is 6.04 Å². The van der Waals surface area contributed by atoms with E-state index in [4.69, 9.17) is 0 Å². The van der Waals surface area contributed by atoms with Crippen molar-refractivity contribution < 1.29 is 37.4 Å². The Kier molecular flexibility index (Phi) is 9.54. The maximum atomic E-state index is 13.9. The van der Waals surface area contributed by atoms with Crippen LogP contribution in [0.25, 0.3) is 0 Å². The number of rotatable bonds is 8. The van der Waals surface area contributed by atoms with Crippen LogP contribution in [-0.2, 0) is 33.9 Å². The predicted molar refractivity (Wildman–Crippen MR) is 152 cm³/mol. The third kappa shape index (κ3) is 7.76. The first-order valence-electron chi connectivity index (χ1n) is 13.9. The van der Waals surface area contributed by atoms with Crippen molar-refractivity contribution in [2.24, 2.45) is 0 Å². The molecule has 3 aromatic rings. The number of nitrogens with one attached hydrogen (secondary N) is 1. The molecule has 1 fully saturated rings. The van der Waals surface area contributed by atoms with E-state index in [1.807, 2.05) is 53.4 Å². The van der Waals surface area contributed by atoms with E-state index in [9.17, 15) is 35.9 Å². The molecule has 1 unspecified atom stereocenters. The monoisotopic (exact) mass is 607 g/mol. The predicted octanol–water partition coefficient (Wildman–Crippen LogP) is 6.84. The number of benzene rings is 3. The van der Waals surface area contributed by atoms with E-state index in [1.54, 1.807) is 12.1 Å². The minimum atomic E-state index is -4.95. The lowest BCUT2D eigenvalue weighted by atomic mass is 9.80. The van der Waals surface area contributed by atoms with Gasteiger partial charge in [-0.05, 0) is 54.2 Å². The van der Waals surface area contributed by atoms with Crippen LogP contribution in [0.4, 0.5) is 26.3 Å². The molecule has 11 heteroatoms. The van der Waals surface area contributed by atoms with Gasteiger partial charge in [0, 0.05) is 35.0 Å². The summed E-state index contributed by atoms with van der Waals surface area (Å²) in [5.41, 5.74) is -1.88. The first kappa shape index (κ1) is 32.1. The Bertz CT molecular complexity index is 1380. The van der Waals surface area contributed by atoms with Crippen molar-refractivity contribution in [3.05, 3.63) is 107 Å². The molecule has 4 rings (SSSR count). The number of hydrogen-bond acceptors (Lipinski definition) is 3. The number of carbonyl (C=O) groups is 2. The normalized spacial score (nSPS) is 16.4. The molecule has 1 aliphatic rings. The molecule has 1 N–H and O–H groups in total. The van der Waals surface area contributed by atoms with Gasteiger partial charge in [0.2, 0.25) is 11.8 Å². The third-order valence-corrected chi connectivity index (χ3v) is 7.87. The maximum absolute atomic E-state index is 13.9. The Morgan fingerprint density at radius 3 is 1.88 bits per heavy atom. The zero-order valence-electron chi connectivity index (χ0n) is 23.8. The second kappa shape index (κ2) is 12.8. The lowest BCUT2D eigenvalue weighted by Crippen LogP contribution is -2.54. The topological polar surface area (TPSA) is 52.7 Å². The summed E-state index contributed by atoms with van der Waals surface area (Å²) >= 11 is 0. The molecule has 0 saturated carbocycles. The Hall–Kier alpha value is -3.86. The van der Waals surface area contributed by atoms with Crippen molar-refractivity contribution in [3.8, 4) is 0 Å². The number of likely N-dealkylation sites (tertiary alicyclic amines) is 1. The van der Waals surface area contributed by atoms with Gasteiger partial charge in [0.15, 0.2) is 0 Å². The SMILES string of the molecule is CC(=O)NC1(c2ccccc2)CCN(C(C(=O)N(C)CCc2cc(C(F)(F)F)cc(C(F)(F)F)c2)c2ccccc2)CC1.[HH]. The van der Waals surface area contributed by atoms with Crippen LogP contribution < -0.4 is 5.32 Å². The van der Waals surface area contributed by atoms with Crippen molar-refractivity contribution in [3.63, 3.8) is 0 Å². The van der Waals surface area contributed by atoms with Crippen molar-refractivity contribution in [1.82, 2.24) is 15.1 Å². The van der Waals surface area contributed by atoms with Crippen molar-refractivity contribution in [2.45, 2.75) is 50.1 Å². The van der Waals surface area contributed by atoms with E-state index >= 15 is 0 Å². The quantitative estimate of drug-likeness (QED) is 0.286. The minimum absolute atomic E-state index is 0. The summed E-state index contributed by atoms with van der Waals surface area (Å²) in [5.74, 6) is -0.503. The molecule has 43 heavy (non-hydrogen) atoms. The van der Waals surface area contributed by atoms with Gasteiger partial charge < -0.3 is 10.2 Å². The Labute approximate surface area is 248 Å².